The minimum absolute atomic E-state index is 0.0363. The van der Waals surface area contributed by atoms with Crippen LogP contribution < -0.4 is 5.32 Å². The summed E-state index contributed by atoms with van der Waals surface area (Å²) in [5.41, 5.74) is 0.645. The van der Waals surface area contributed by atoms with Gasteiger partial charge in [-0.15, -0.1) is 0 Å². The first-order chi connectivity index (χ1) is 11.0. The van der Waals surface area contributed by atoms with Gasteiger partial charge in [0.25, 0.3) is 0 Å². The highest BCUT2D eigenvalue weighted by atomic mass is 32.2. The molecular formula is C17H24N2O3S. The molecule has 0 aromatic heterocycles. The summed E-state index contributed by atoms with van der Waals surface area (Å²) in [6, 6.07) is 9.27. The first-order valence-corrected chi connectivity index (χ1v) is 9.81. The van der Waals surface area contributed by atoms with Crippen LogP contribution in [-0.2, 0) is 20.6 Å². The van der Waals surface area contributed by atoms with E-state index < -0.39 is 10.0 Å². The average Bonchev–Trinajstić information content (AvgIpc) is 3.15. The third kappa shape index (κ3) is 3.15. The van der Waals surface area contributed by atoms with E-state index in [1.165, 1.54) is 0 Å². The van der Waals surface area contributed by atoms with Crippen molar-refractivity contribution in [1.82, 2.24) is 9.62 Å². The van der Waals surface area contributed by atoms with Crippen LogP contribution in [0.3, 0.4) is 0 Å². The van der Waals surface area contributed by atoms with Crippen molar-refractivity contribution in [3.8, 4) is 0 Å². The van der Waals surface area contributed by atoms with Gasteiger partial charge < -0.3 is 5.32 Å². The Bertz CT molecular complexity index is 674. The Kier molecular flexibility index (Phi) is 4.47. The molecule has 2 aliphatic rings. The standard InChI is InChI=1S/C17H24N2O3S/c1-18-16(20)15-8-5-9-17(15)10-11-19(13-17)23(21,22)12-14-6-3-2-4-7-14/h2-4,6-7,15H,5,8-13H2,1H3,(H,18,20)/t15-,17-/m0/s1. The van der Waals surface area contributed by atoms with Crippen LogP contribution in [0, 0.1) is 11.3 Å². The number of nitrogens with zero attached hydrogens (tertiary/aromatic N) is 1. The van der Waals surface area contributed by atoms with Gasteiger partial charge in [-0.05, 0) is 30.2 Å². The average molecular weight is 336 g/mol. The maximum Gasteiger partial charge on any atom is 0.223 e. The summed E-state index contributed by atoms with van der Waals surface area (Å²) >= 11 is 0. The van der Waals surface area contributed by atoms with E-state index >= 15 is 0 Å². The maximum atomic E-state index is 12.7. The SMILES string of the molecule is CNC(=O)[C@@H]1CCC[C@@]12CCN(S(=O)(=O)Cc1ccccc1)C2. The van der Waals surface area contributed by atoms with E-state index in [-0.39, 0.29) is 23.0 Å². The van der Waals surface area contributed by atoms with E-state index in [1.54, 1.807) is 11.4 Å². The fraction of sp³-hybridized carbons (Fsp3) is 0.588. The molecule has 6 heteroatoms. The number of carbonyl (C=O) groups is 1. The van der Waals surface area contributed by atoms with Crippen molar-refractivity contribution >= 4 is 15.9 Å². The van der Waals surface area contributed by atoms with Gasteiger partial charge in [-0.3, -0.25) is 4.79 Å². The predicted molar refractivity (Wildman–Crippen MR) is 89.1 cm³/mol. The Morgan fingerprint density at radius 3 is 2.74 bits per heavy atom. The summed E-state index contributed by atoms with van der Waals surface area (Å²) in [5.74, 6) is 0.0448. The number of hydrogen-bond donors (Lipinski definition) is 1. The largest absolute Gasteiger partial charge is 0.359 e. The lowest BCUT2D eigenvalue weighted by Gasteiger charge is -2.30. The zero-order valence-corrected chi connectivity index (χ0v) is 14.3. The van der Waals surface area contributed by atoms with Crippen LogP contribution >= 0.6 is 0 Å². The molecule has 1 spiro atoms. The van der Waals surface area contributed by atoms with Crippen molar-refractivity contribution < 1.29 is 13.2 Å². The lowest BCUT2D eigenvalue weighted by molar-refractivity contribution is -0.127. The van der Waals surface area contributed by atoms with Crippen LogP contribution in [0.25, 0.3) is 0 Å². The Labute approximate surface area is 138 Å². The Morgan fingerprint density at radius 2 is 2.04 bits per heavy atom. The molecule has 1 aromatic carbocycles. The van der Waals surface area contributed by atoms with Gasteiger partial charge in [0.2, 0.25) is 15.9 Å². The molecule has 1 aromatic rings. The second kappa shape index (κ2) is 6.24. The fourth-order valence-corrected chi connectivity index (χ4v) is 5.80. The van der Waals surface area contributed by atoms with Crippen LogP contribution in [0.1, 0.15) is 31.2 Å². The van der Waals surface area contributed by atoms with Crippen molar-refractivity contribution in [2.24, 2.45) is 11.3 Å². The van der Waals surface area contributed by atoms with Crippen molar-refractivity contribution in [1.29, 1.82) is 0 Å². The number of carbonyl (C=O) groups excluding carboxylic acids is 1. The highest BCUT2D eigenvalue weighted by molar-refractivity contribution is 7.88. The van der Waals surface area contributed by atoms with Gasteiger partial charge in [-0.25, -0.2) is 12.7 Å². The van der Waals surface area contributed by atoms with Crippen LogP contribution in [0.2, 0.25) is 0 Å². The van der Waals surface area contributed by atoms with Crippen molar-refractivity contribution in [2.75, 3.05) is 20.1 Å². The third-order valence-electron chi connectivity index (χ3n) is 5.41. The summed E-state index contributed by atoms with van der Waals surface area (Å²) in [5, 5.41) is 2.74. The molecule has 1 N–H and O–H groups in total. The Hall–Kier alpha value is -1.40. The molecule has 0 bridgehead atoms. The molecule has 126 valence electrons. The van der Waals surface area contributed by atoms with Crippen molar-refractivity contribution in [2.45, 2.75) is 31.4 Å². The van der Waals surface area contributed by atoms with Gasteiger partial charge in [-0.1, -0.05) is 36.8 Å². The quantitative estimate of drug-likeness (QED) is 0.911. The highest BCUT2D eigenvalue weighted by Gasteiger charge is 2.52. The summed E-state index contributed by atoms with van der Waals surface area (Å²) in [7, 11) is -1.67. The smallest absolute Gasteiger partial charge is 0.223 e. The summed E-state index contributed by atoms with van der Waals surface area (Å²) in [6.07, 6.45) is 3.61. The number of nitrogens with one attached hydrogen (secondary N) is 1. The molecule has 0 radical (unpaired) electrons. The Balaban J connectivity index is 1.75. The number of sulfonamides is 1. The van der Waals surface area contributed by atoms with Gasteiger partial charge in [0.1, 0.15) is 0 Å². The fourth-order valence-electron chi connectivity index (χ4n) is 4.18. The highest BCUT2D eigenvalue weighted by Crippen LogP contribution is 2.50. The molecule has 1 aliphatic carbocycles. The number of rotatable bonds is 4. The summed E-state index contributed by atoms with van der Waals surface area (Å²) in [6.45, 7) is 1.02. The van der Waals surface area contributed by atoms with E-state index in [1.807, 2.05) is 30.3 Å². The topological polar surface area (TPSA) is 66.5 Å². The minimum Gasteiger partial charge on any atom is -0.359 e. The van der Waals surface area contributed by atoms with Crippen LogP contribution in [0.5, 0.6) is 0 Å². The molecule has 1 heterocycles. The normalized spacial score (nSPS) is 28.3. The van der Waals surface area contributed by atoms with Crippen LogP contribution in [0.15, 0.2) is 30.3 Å². The van der Waals surface area contributed by atoms with E-state index in [2.05, 4.69) is 5.32 Å². The first-order valence-electron chi connectivity index (χ1n) is 8.20. The minimum atomic E-state index is -3.33. The zero-order valence-electron chi connectivity index (χ0n) is 13.5. The molecule has 2 fully saturated rings. The van der Waals surface area contributed by atoms with Crippen molar-refractivity contribution in [3.63, 3.8) is 0 Å². The first kappa shape index (κ1) is 16.5. The lowest BCUT2D eigenvalue weighted by atomic mass is 9.76. The summed E-state index contributed by atoms with van der Waals surface area (Å²) in [4.78, 5) is 12.1. The zero-order chi connectivity index (χ0) is 16.5. The van der Waals surface area contributed by atoms with Gasteiger partial charge in [-0.2, -0.15) is 0 Å². The molecule has 2 atom stereocenters. The molecule has 1 amide bonds. The van der Waals surface area contributed by atoms with Crippen LogP contribution in [0.4, 0.5) is 0 Å². The predicted octanol–water partition coefficient (Wildman–Crippen LogP) is 1.75. The second-order valence-electron chi connectivity index (χ2n) is 6.75. The molecular weight excluding hydrogens is 312 g/mol. The third-order valence-corrected chi connectivity index (χ3v) is 7.20. The van der Waals surface area contributed by atoms with Crippen molar-refractivity contribution in [3.05, 3.63) is 35.9 Å². The molecule has 3 rings (SSSR count). The molecule has 1 aliphatic heterocycles. The van der Waals surface area contributed by atoms with E-state index in [9.17, 15) is 13.2 Å². The summed E-state index contributed by atoms with van der Waals surface area (Å²) < 4.78 is 27.0. The van der Waals surface area contributed by atoms with E-state index in [0.29, 0.717) is 13.1 Å². The molecule has 1 saturated carbocycles. The number of amides is 1. The number of benzene rings is 1. The van der Waals surface area contributed by atoms with E-state index in [0.717, 1.165) is 31.2 Å². The van der Waals surface area contributed by atoms with Gasteiger partial charge >= 0.3 is 0 Å². The maximum absolute atomic E-state index is 12.7. The Morgan fingerprint density at radius 1 is 1.30 bits per heavy atom. The molecule has 5 nitrogen and oxygen atoms in total. The molecule has 23 heavy (non-hydrogen) atoms. The monoisotopic (exact) mass is 336 g/mol. The lowest BCUT2D eigenvalue weighted by Crippen LogP contribution is -2.40. The van der Waals surface area contributed by atoms with E-state index in [4.69, 9.17) is 0 Å². The second-order valence-corrected chi connectivity index (χ2v) is 8.72. The molecule has 1 saturated heterocycles. The van der Waals surface area contributed by atoms with Gasteiger partial charge in [0.15, 0.2) is 0 Å². The number of hydrogen-bond acceptors (Lipinski definition) is 3. The molecule has 0 unspecified atom stereocenters. The van der Waals surface area contributed by atoms with Gasteiger partial charge in [0.05, 0.1) is 5.75 Å². The van der Waals surface area contributed by atoms with Gasteiger partial charge in [0, 0.05) is 26.1 Å². The van der Waals surface area contributed by atoms with Crippen LogP contribution in [-0.4, -0.2) is 38.8 Å².